The third kappa shape index (κ3) is 5.15. The van der Waals surface area contributed by atoms with Gasteiger partial charge in [0, 0.05) is 6.54 Å². The van der Waals surface area contributed by atoms with Crippen molar-refractivity contribution in [3.63, 3.8) is 0 Å². The van der Waals surface area contributed by atoms with E-state index in [1.807, 2.05) is 19.9 Å². The van der Waals surface area contributed by atoms with Gasteiger partial charge in [0.05, 0.1) is 6.54 Å². The highest BCUT2D eigenvalue weighted by Crippen LogP contribution is 2.09. The summed E-state index contributed by atoms with van der Waals surface area (Å²) in [7, 11) is 0. The number of nitrogens with zero attached hydrogens (tertiary/aromatic N) is 3. The van der Waals surface area contributed by atoms with Crippen LogP contribution in [-0.4, -0.2) is 33.6 Å². The lowest BCUT2D eigenvalue weighted by molar-refractivity contribution is 0.134. The Kier molecular flexibility index (Phi) is 6.21. The van der Waals surface area contributed by atoms with Gasteiger partial charge >= 0.3 is 12.1 Å². The number of carbonyl (C=O) groups is 2. The summed E-state index contributed by atoms with van der Waals surface area (Å²) < 4.78 is 0. The lowest BCUT2D eigenvalue weighted by atomic mass is 10.1. The maximum atomic E-state index is 12.2. The van der Waals surface area contributed by atoms with Gasteiger partial charge in [0.2, 0.25) is 0 Å². The second-order valence-electron chi connectivity index (χ2n) is 5.07. The van der Waals surface area contributed by atoms with E-state index >= 15 is 0 Å². The number of amides is 3. The average Bonchev–Trinajstić information content (AvgIpc) is 2.45. The molecule has 21 heavy (non-hydrogen) atoms. The molecule has 0 fully saturated rings. The van der Waals surface area contributed by atoms with E-state index < -0.39 is 12.1 Å². The number of nitriles is 1. The molecular formula is C15H19N3O3. The van der Waals surface area contributed by atoms with Gasteiger partial charge in [-0.1, -0.05) is 44.2 Å². The van der Waals surface area contributed by atoms with Crippen LogP contribution in [0.1, 0.15) is 25.8 Å². The minimum atomic E-state index is -1.34. The standard InChI is InChI=1S/C15H19N3O3/c1-12(2)8-9-18(15(20)21)14(19)17(11-16)10-13-6-4-3-5-7-13/h3-7,12H,8-10H2,1-2H3,(H,20,21). The summed E-state index contributed by atoms with van der Waals surface area (Å²) in [5.74, 6) is 0.268. The molecule has 0 atom stereocenters. The molecule has 1 aromatic rings. The first-order valence-electron chi connectivity index (χ1n) is 6.71. The Morgan fingerprint density at radius 2 is 1.90 bits per heavy atom. The van der Waals surface area contributed by atoms with Crippen LogP contribution in [0.25, 0.3) is 0 Å². The van der Waals surface area contributed by atoms with Gasteiger partial charge in [0.15, 0.2) is 6.19 Å². The molecule has 1 aromatic carbocycles. The number of carboxylic acid groups (broad SMARTS) is 1. The van der Waals surface area contributed by atoms with Crippen LogP contribution >= 0.6 is 0 Å². The smallest absolute Gasteiger partial charge is 0.415 e. The second kappa shape index (κ2) is 7.90. The lowest BCUT2D eigenvalue weighted by Gasteiger charge is -2.23. The van der Waals surface area contributed by atoms with Crippen molar-refractivity contribution in [3.8, 4) is 6.19 Å². The van der Waals surface area contributed by atoms with Gasteiger partial charge in [-0.05, 0) is 17.9 Å². The van der Waals surface area contributed by atoms with Gasteiger partial charge in [-0.3, -0.25) is 0 Å². The highest BCUT2D eigenvalue weighted by molar-refractivity contribution is 5.90. The largest absolute Gasteiger partial charge is 0.465 e. The van der Waals surface area contributed by atoms with Crippen molar-refractivity contribution in [2.45, 2.75) is 26.8 Å². The van der Waals surface area contributed by atoms with E-state index in [1.165, 1.54) is 0 Å². The molecule has 0 aliphatic heterocycles. The number of rotatable bonds is 5. The molecule has 0 aromatic heterocycles. The van der Waals surface area contributed by atoms with Crippen LogP contribution in [0.2, 0.25) is 0 Å². The quantitative estimate of drug-likeness (QED) is 0.666. The third-order valence-electron chi connectivity index (χ3n) is 2.93. The van der Waals surface area contributed by atoms with Gasteiger partial charge in [0.25, 0.3) is 0 Å². The molecule has 1 N–H and O–H groups in total. The van der Waals surface area contributed by atoms with Crippen molar-refractivity contribution >= 4 is 12.1 Å². The van der Waals surface area contributed by atoms with Crippen molar-refractivity contribution < 1.29 is 14.7 Å². The molecule has 6 heteroatoms. The van der Waals surface area contributed by atoms with Crippen molar-refractivity contribution in [2.24, 2.45) is 5.92 Å². The number of carbonyl (C=O) groups excluding carboxylic acids is 1. The molecular weight excluding hydrogens is 270 g/mol. The molecule has 1 rings (SSSR count). The Morgan fingerprint density at radius 1 is 1.29 bits per heavy atom. The van der Waals surface area contributed by atoms with Crippen LogP contribution in [-0.2, 0) is 6.54 Å². The van der Waals surface area contributed by atoms with E-state index in [4.69, 9.17) is 10.4 Å². The summed E-state index contributed by atoms with van der Waals surface area (Å²) in [6.45, 7) is 4.02. The second-order valence-corrected chi connectivity index (χ2v) is 5.07. The molecule has 0 aliphatic rings. The molecule has 0 bridgehead atoms. The summed E-state index contributed by atoms with van der Waals surface area (Å²) in [5.41, 5.74) is 0.765. The van der Waals surface area contributed by atoms with Crippen molar-refractivity contribution in [3.05, 3.63) is 35.9 Å². The fraction of sp³-hybridized carbons (Fsp3) is 0.400. The Bertz CT molecular complexity index is 523. The van der Waals surface area contributed by atoms with Crippen LogP contribution in [0, 0.1) is 17.4 Å². The van der Waals surface area contributed by atoms with Crippen LogP contribution in [0.3, 0.4) is 0 Å². The summed E-state index contributed by atoms with van der Waals surface area (Å²) >= 11 is 0. The van der Waals surface area contributed by atoms with Crippen LogP contribution in [0.5, 0.6) is 0 Å². The first-order chi connectivity index (χ1) is 9.95. The summed E-state index contributed by atoms with van der Waals surface area (Å²) in [4.78, 5) is 24.9. The van der Waals surface area contributed by atoms with Crippen molar-refractivity contribution in [1.29, 1.82) is 5.26 Å². The first kappa shape index (κ1) is 16.5. The topological polar surface area (TPSA) is 84.6 Å². The van der Waals surface area contributed by atoms with E-state index in [-0.39, 0.29) is 19.0 Å². The van der Waals surface area contributed by atoms with Crippen molar-refractivity contribution in [1.82, 2.24) is 9.80 Å². The third-order valence-corrected chi connectivity index (χ3v) is 2.93. The van der Waals surface area contributed by atoms with Crippen LogP contribution < -0.4 is 0 Å². The molecule has 112 valence electrons. The maximum absolute atomic E-state index is 12.2. The van der Waals surface area contributed by atoms with Crippen LogP contribution in [0.15, 0.2) is 30.3 Å². The number of benzene rings is 1. The van der Waals surface area contributed by atoms with Gasteiger partial charge in [-0.25, -0.2) is 19.4 Å². The molecule has 0 heterocycles. The van der Waals surface area contributed by atoms with Gasteiger partial charge in [0.1, 0.15) is 0 Å². The minimum absolute atomic E-state index is 0.0572. The highest BCUT2D eigenvalue weighted by atomic mass is 16.4. The number of imide groups is 1. The zero-order valence-electron chi connectivity index (χ0n) is 12.2. The predicted molar refractivity (Wildman–Crippen MR) is 77.2 cm³/mol. The molecule has 0 aliphatic carbocycles. The molecule has 6 nitrogen and oxygen atoms in total. The Labute approximate surface area is 124 Å². The number of hydrogen-bond donors (Lipinski definition) is 1. The van der Waals surface area contributed by atoms with Gasteiger partial charge in [-0.15, -0.1) is 0 Å². The van der Waals surface area contributed by atoms with E-state index in [0.717, 1.165) is 10.5 Å². The maximum Gasteiger partial charge on any atom is 0.415 e. The molecule has 0 unspecified atom stereocenters. The zero-order chi connectivity index (χ0) is 15.8. The highest BCUT2D eigenvalue weighted by Gasteiger charge is 2.26. The molecule has 0 saturated heterocycles. The Balaban J connectivity index is 2.80. The fourth-order valence-electron chi connectivity index (χ4n) is 1.72. The molecule has 0 radical (unpaired) electrons. The normalized spacial score (nSPS) is 10.0. The van der Waals surface area contributed by atoms with Gasteiger partial charge in [-0.2, -0.15) is 5.26 Å². The fourth-order valence-corrected chi connectivity index (χ4v) is 1.72. The van der Waals surface area contributed by atoms with E-state index in [1.54, 1.807) is 30.5 Å². The zero-order valence-corrected chi connectivity index (χ0v) is 12.2. The summed E-state index contributed by atoms with van der Waals surface area (Å²) in [6.07, 6.45) is 0.971. The predicted octanol–water partition coefficient (Wildman–Crippen LogP) is 3.12. The number of urea groups is 1. The summed E-state index contributed by atoms with van der Waals surface area (Å²) in [6, 6.07) is 8.16. The first-order valence-corrected chi connectivity index (χ1v) is 6.71. The van der Waals surface area contributed by atoms with E-state index in [2.05, 4.69) is 0 Å². The monoisotopic (exact) mass is 289 g/mol. The molecule has 0 saturated carbocycles. The lowest BCUT2D eigenvalue weighted by Crippen LogP contribution is -2.44. The number of hydrogen-bond acceptors (Lipinski definition) is 3. The SMILES string of the molecule is CC(C)CCN(C(=O)O)C(=O)N(C#N)Cc1ccccc1. The molecule has 3 amide bonds. The van der Waals surface area contributed by atoms with Crippen LogP contribution in [0.4, 0.5) is 9.59 Å². The Hall–Kier alpha value is -2.55. The average molecular weight is 289 g/mol. The van der Waals surface area contributed by atoms with E-state index in [0.29, 0.717) is 11.3 Å². The van der Waals surface area contributed by atoms with Gasteiger partial charge < -0.3 is 5.11 Å². The molecule has 0 spiro atoms. The van der Waals surface area contributed by atoms with Crippen molar-refractivity contribution in [2.75, 3.05) is 6.54 Å². The Morgan fingerprint density at radius 3 is 2.38 bits per heavy atom. The summed E-state index contributed by atoms with van der Waals surface area (Å²) in [5, 5.41) is 18.2. The minimum Gasteiger partial charge on any atom is -0.465 e. The van der Waals surface area contributed by atoms with E-state index in [9.17, 15) is 9.59 Å².